The van der Waals surface area contributed by atoms with Crippen LogP contribution in [0.1, 0.15) is 0 Å². The van der Waals surface area contributed by atoms with Gasteiger partial charge in [0.05, 0.1) is 6.04 Å². The van der Waals surface area contributed by atoms with Gasteiger partial charge in [0.2, 0.25) is 0 Å². The van der Waals surface area contributed by atoms with Crippen LogP contribution < -0.4 is 5.73 Å². The van der Waals surface area contributed by atoms with Gasteiger partial charge in [-0.25, -0.2) is 4.79 Å². The molecule has 0 heterocycles. The Balaban J connectivity index is 4.32. The highest BCUT2D eigenvalue weighted by Crippen LogP contribution is 2.01. The van der Waals surface area contributed by atoms with Gasteiger partial charge in [-0.15, -0.1) is 0 Å². The third-order valence-electron chi connectivity index (χ3n) is 1.50. The minimum absolute atomic E-state index is 0.000896. The van der Waals surface area contributed by atoms with Crippen molar-refractivity contribution in [2.75, 3.05) is 0 Å². The molecule has 0 aromatic rings. The summed E-state index contributed by atoms with van der Waals surface area (Å²) in [6, 6.07) is -1.61. The molecule has 0 aromatic heterocycles. The summed E-state index contributed by atoms with van der Waals surface area (Å²) >= 11 is 0. The fourth-order valence-corrected chi connectivity index (χ4v) is 0.660. The van der Waals surface area contributed by atoms with E-state index in [1.54, 1.807) is 0 Å². The Hall–Kier alpha value is -1.02. The van der Waals surface area contributed by atoms with Crippen molar-refractivity contribution in [3.05, 3.63) is 0 Å². The van der Waals surface area contributed by atoms with Crippen LogP contribution in [0, 0.1) is 0 Å². The zero-order valence-corrected chi connectivity index (χ0v) is 6.57. The molecule has 0 aromatic carbocycles. The van der Waals surface area contributed by atoms with E-state index in [9.17, 15) is 9.59 Å². The quantitative estimate of drug-likeness (QED) is 0.287. The molecule has 0 saturated carbocycles. The van der Waals surface area contributed by atoms with Crippen LogP contribution in [-0.4, -0.2) is 57.0 Å². The maximum absolute atomic E-state index is 10.1. The van der Waals surface area contributed by atoms with Gasteiger partial charge in [-0.05, 0) is 0 Å². The predicted molar refractivity (Wildman–Crippen MR) is 39.7 cm³/mol. The van der Waals surface area contributed by atoms with Gasteiger partial charge in [0, 0.05) is 0 Å². The zero-order valence-electron chi connectivity index (χ0n) is 6.57. The van der Waals surface area contributed by atoms with E-state index < -0.39 is 30.3 Å². The normalized spacial score (nSPS) is 20.0. The number of carboxylic acids is 1. The molecule has 0 aliphatic heterocycles. The molecule has 0 unspecified atom stereocenters. The molecule has 0 fully saturated rings. The Labute approximate surface area is 73.4 Å². The zero-order chi connectivity index (χ0) is 10.6. The van der Waals surface area contributed by atoms with Gasteiger partial charge in [0.25, 0.3) is 0 Å². The average molecular weight is 193 g/mol. The van der Waals surface area contributed by atoms with E-state index in [1.165, 1.54) is 0 Å². The Bertz CT molecular complexity index is 196. The number of carboxylic acid groups (broad SMARTS) is 1. The van der Waals surface area contributed by atoms with Crippen LogP contribution in [0.3, 0.4) is 0 Å². The average Bonchev–Trinajstić information content (AvgIpc) is 2.12. The van der Waals surface area contributed by atoms with E-state index in [0.717, 1.165) is 0 Å². The molecule has 0 aliphatic rings. The highest BCUT2D eigenvalue weighted by atomic mass is 16.4. The van der Waals surface area contributed by atoms with Crippen LogP contribution >= 0.6 is 0 Å². The molecular weight excluding hydrogens is 182 g/mol. The Morgan fingerprint density at radius 1 is 1.31 bits per heavy atom. The predicted octanol–water partition coefficient (Wildman–Crippen LogP) is -3.32. The molecule has 0 saturated heterocycles. The lowest BCUT2D eigenvalue weighted by Gasteiger charge is -2.22. The molecule has 0 bridgehead atoms. The van der Waals surface area contributed by atoms with Crippen molar-refractivity contribution in [2.45, 2.75) is 24.4 Å². The SMILES string of the molecule is N[C@@H]([C@H](O)[C@@H](O)C=O)[C@H](O)C(=O)O. The van der Waals surface area contributed by atoms with Gasteiger partial charge in [-0.2, -0.15) is 0 Å². The van der Waals surface area contributed by atoms with Gasteiger partial charge in [0.1, 0.15) is 12.2 Å². The van der Waals surface area contributed by atoms with Crippen LogP contribution in [0.25, 0.3) is 0 Å². The standard InChI is InChI=1S/C6H11NO6/c7-3(5(11)6(12)13)4(10)2(9)1-8/h1-5,9-11H,7H2,(H,12,13)/t2-,3-,4+,5-/m0/s1. The minimum atomic E-state index is -2.02. The Kier molecular flexibility index (Phi) is 4.49. The molecular formula is C6H11NO6. The van der Waals surface area contributed by atoms with Crippen LogP contribution in [-0.2, 0) is 9.59 Å². The number of carbonyl (C=O) groups is 2. The number of hydrogen-bond acceptors (Lipinski definition) is 6. The van der Waals surface area contributed by atoms with E-state index in [-0.39, 0.29) is 6.29 Å². The van der Waals surface area contributed by atoms with E-state index in [1.807, 2.05) is 0 Å². The van der Waals surface area contributed by atoms with Gasteiger partial charge in [-0.1, -0.05) is 0 Å². The van der Waals surface area contributed by atoms with Crippen molar-refractivity contribution >= 4 is 12.3 Å². The molecule has 0 rings (SSSR count). The second-order valence-electron chi connectivity index (χ2n) is 2.48. The molecule has 4 atom stereocenters. The van der Waals surface area contributed by atoms with Crippen molar-refractivity contribution in [2.24, 2.45) is 5.73 Å². The summed E-state index contributed by atoms with van der Waals surface area (Å²) < 4.78 is 0. The van der Waals surface area contributed by atoms with E-state index in [4.69, 9.17) is 26.2 Å². The van der Waals surface area contributed by atoms with Crippen molar-refractivity contribution < 1.29 is 30.0 Å². The first-order valence-corrected chi connectivity index (χ1v) is 3.39. The second kappa shape index (κ2) is 4.87. The summed E-state index contributed by atoms with van der Waals surface area (Å²) in [7, 11) is 0. The van der Waals surface area contributed by atoms with Gasteiger partial charge < -0.3 is 31.0 Å². The third-order valence-corrected chi connectivity index (χ3v) is 1.50. The summed E-state index contributed by atoms with van der Waals surface area (Å²) in [6.07, 6.45) is -5.63. The molecule has 0 aliphatic carbocycles. The monoisotopic (exact) mass is 193 g/mol. The lowest BCUT2D eigenvalue weighted by atomic mass is 10.0. The number of rotatable bonds is 5. The van der Waals surface area contributed by atoms with Crippen molar-refractivity contribution in [3.8, 4) is 0 Å². The number of carbonyl (C=O) groups excluding carboxylic acids is 1. The Morgan fingerprint density at radius 3 is 2.08 bits per heavy atom. The number of aliphatic hydroxyl groups is 3. The summed E-state index contributed by atoms with van der Waals surface area (Å²) in [4.78, 5) is 20.1. The number of hydrogen-bond donors (Lipinski definition) is 5. The minimum Gasteiger partial charge on any atom is -0.479 e. The van der Waals surface area contributed by atoms with Crippen LogP contribution in [0.2, 0.25) is 0 Å². The van der Waals surface area contributed by atoms with Gasteiger partial charge >= 0.3 is 5.97 Å². The number of nitrogens with two attached hydrogens (primary N) is 1. The second-order valence-corrected chi connectivity index (χ2v) is 2.48. The van der Waals surface area contributed by atoms with Crippen molar-refractivity contribution in [1.29, 1.82) is 0 Å². The van der Waals surface area contributed by atoms with Crippen LogP contribution in [0.4, 0.5) is 0 Å². The summed E-state index contributed by atoms with van der Waals surface area (Å²) in [5.74, 6) is -1.63. The first-order valence-electron chi connectivity index (χ1n) is 3.39. The molecule has 6 N–H and O–H groups in total. The highest BCUT2D eigenvalue weighted by Gasteiger charge is 2.32. The lowest BCUT2D eigenvalue weighted by Crippen LogP contribution is -2.53. The van der Waals surface area contributed by atoms with Gasteiger partial charge in [-0.3, -0.25) is 0 Å². The molecule has 13 heavy (non-hydrogen) atoms. The fourth-order valence-electron chi connectivity index (χ4n) is 0.660. The van der Waals surface area contributed by atoms with E-state index in [2.05, 4.69) is 0 Å². The third kappa shape index (κ3) is 3.07. The highest BCUT2D eigenvalue weighted by molar-refractivity contribution is 5.73. The molecule has 7 nitrogen and oxygen atoms in total. The molecule has 0 amide bonds. The number of aliphatic carboxylic acids is 1. The first kappa shape index (κ1) is 12.0. The smallest absolute Gasteiger partial charge is 0.334 e. The summed E-state index contributed by atoms with van der Waals surface area (Å²) in [5.41, 5.74) is 5.04. The number of aliphatic hydroxyl groups excluding tert-OH is 3. The maximum atomic E-state index is 10.1. The van der Waals surface area contributed by atoms with Crippen LogP contribution in [0.15, 0.2) is 0 Å². The topological polar surface area (TPSA) is 141 Å². The van der Waals surface area contributed by atoms with Crippen LogP contribution in [0.5, 0.6) is 0 Å². The van der Waals surface area contributed by atoms with Gasteiger partial charge in [0.15, 0.2) is 12.4 Å². The van der Waals surface area contributed by atoms with Crippen molar-refractivity contribution in [1.82, 2.24) is 0 Å². The molecule has 0 spiro atoms. The first-order chi connectivity index (χ1) is 5.91. The van der Waals surface area contributed by atoms with E-state index in [0.29, 0.717) is 0 Å². The maximum Gasteiger partial charge on any atom is 0.334 e. The lowest BCUT2D eigenvalue weighted by molar-refractivity contribution is -0.151. The number of aldehydes is 1. The fraction of sp³-hybridized carbons (Fsp3) is 0.667. The Morgan fingerprint density at radius 2 is 1.77 bits per heavy atom. The summed E-state index contributed by atoms with van der Waals surface area (Å²) in [6.45, 7) is 0. The largest absolute Gasteiger partial charge is 0.479 e. The molecule has 0 radical (unpaired) electrons. The summed E-state index contributed by atoms with van der Waals surface area (Å²) in [5, 5.41) is 34.7. The molecule has 76 valence electrons. The molecule has 7 heteroatoms. The van der Waals surface area contributed by atoms with E-state index >= 15 is 0 Å². The van der Waals surface area contributed by atoms with Crippen molar-refractivity contribution in [3.63, 3.8) is 0 Å².